The van der Waals surface area contributed by atoms with Crippen LogP contribution in [0, 0.1) is 6.92 Å². The maximum absolute atomic E-state index is 12.5. The van der Waals surface area contributed by atoms with Gasteiger partial charge in [-0.15, -0.1) is 0 Å². The average Bonchev–Trinajstić information content (AvgIpc) is 3.36. The van der Waals surface area contributed by atoms with Crippen molar-refractivity contribution in [2.24, 2.45) is 0 Å². The molecule has 1 atom stereocenters. The zero-order valence-electron chi connectivity index (χ0n) is 14.4. The predicted octanol–water partition coefficient (Wildman–Crippen LogP) is 2.27. The van der Waals surface area contributed by atoms with Gasteiger partial charge in [-0.25, -0.2) is 9.97 Å². The molecule has 4 heterocycles. The number of oxazole rings is 1. The third-order valence-electron chi connectivity index (χ3n) is 4.83. The second kappa shape index (κ2) is 6.74. The van der Waals surface area contributed by atoms with E-state index in [9.17, 15) is 4.79 Å². The number of ether oxygens (including phenoxy) is 1. The monoisotopic (exact) mass is 342 g/mol. The van der Waals surface area contributed by atoms with Crippen molar-refractivity contribution in [1.82, 2.24) is 14.9 Å². The smallest absolute Gasteiger partial charge is 0.276 e. The zero-order valence-corrected chi connectivity index (χ0v) is 14.4. The van der Waals surface area contributed by atoms with E-state index >= 15 is 0 Å². The van der Waals surface area contributed by atoms with Crippen LogP contribution < -0.4 is 9.64 Å². The molecule has 0 bridgehead atoms. The van der Waals surface area contributed by atoms with E-state index in [1.807, 2.05) is 12.1 Å². The van der Waals surface area contributed by atoms with Crippen LogP contribution in [0.5, 0.6) is 5.75 Å². The van der Waals surface area contributed by atoms with Gasteiger partial charge in [0, 0.05) is 32.3 Å². The van der Waals surface area contributed by atoms with Crippen molar-refractivity contribution < 1.29 is 13.9 Å². The lowest BCUT2D eigenvalue weighted by Gasteiger charge is -2.22. The highest BCUT2D eigenvalue weighted by Crippen LogP contribution is 2.30. The summed E-state index contributed by atoms with van der Waals surface area (Å²) < 4.78 is 11.3. The summed E-state index contributed by atoms with van der Waals surface area (Å²) in [7, 11) is 0. The van der Waals surface area contributed by atoms with Gasteiger partial charge in [-0.1, -0.05) is 0 Å². The molecule has 0 spiro atoms. The Bertz CT molecular complexity index is 754. The molecule has 2 fully saturated rings. The highest BCUT2D eigenvalue weighted by molar-refractivity contribution is 5.93. The van der Waals surface area contributed by atoms with Crippen LogP contribution in [0.3, 0.4) is 0 Å². The summed E-state index contributed by atoms with van der Waals surface area (Å²) >= 11 is 0. The first kappa shape index (κ1) is 15.9. The summed E-state index contributed by atoms with van der Waals surface area (Å²) in [5, 5.41) is 0. The van der Waals surface area contributed by atoms with Gasteiger partial charge in [-0.3, -0.25) is 4.79 Å². The first-order chi connectivity index (χ1) is 12.2. The molecule has 0 radical (unpaired) electrons. The quantitative estimate of drug-likeness (QED) is 0.849. The van der Waals surface area contributed by atoms with E-state index in [-0.39, 0.29) is 12.0 Å². The van der Waals surface area contributed by atoms with E-state index in [0.29, 0.717) is 24.5 Å². The van der Waals surface area contributed by atoms with Crippen molar-refractivity contribution in [3.8, 4) is 5.75 Å². The normalized spacial score (nSPS) is 20.3. The topological polar surface area (TPSA) is 71.7 Å². The molecule has 4 rings (SSSR count). The first-order valence-corrected chi connectivity index (χ1v) is 8.78. The number of rotatable bonds is 4. The Morgan fingerprint density at radius 1 is 1.28 bits per heavy atom. The van der Waals surface area contributed by atoms with Gasteiger partial charge in [-0.2, -0.15) is 0 Å². The van der Waals surface area contributed by atoms with Crippen LogP contribution in [0.4, 0.5) is 5.82 Å². The van der Waals surface area contributed by atoms with Crippen LogP contribution in [-0.4, -0.2) is 53.1 Å². The van der Waals surface area contributed by atoms with Crippen LogP contribution in [0.15, 0.2) is 29.1 Å². The molecule has 25 heavy (non-hydrogen) atoms. The van der Waals surface area contributed by atoms with E-state index < -0.39 is 0 Å². The predicted molar refractivity (Wildman–Crippen MR) is 91.9 cm³/mol. The first-order valence-electron chi connectivity index (χ1n) is 8.78. The van der Waals surface area contributed by atoms with Crippen LogP contribution in [0.25, 0.3) is 0 Å². The fraction of sp³-hybridized carbons (Fsp3) is 0.500. The molecular formula is C18H22N4O3. The SMILES string of the molecule is Cc1ocnc1C(=O)N1CCC(Oc2cccnc2N2CCCC2)C1. The Morgan fingerprint density at radius 2 is 2.12 bits per heavy atom. The molecule has 7 heteroatoms. The number of carbonyl (C=O) groups is 1. The minimum Gasteiger partial charge on any atom is -0.485 e. The molecule has 0 N–H and O–H groups in total. The van der Waals surface area contributed by atoms with Gasteiger partial charge in [0.15, 0.2) is 23.7 Å². The Kier molecular flexibility index (Phi) is 4.29. The minimum atomic E-state index is -0.0942. The molecule has 2 saturated heterocycles. The summed E-state index contributed by atoms with van der Waals surface area (Å²) in [6.45, 7) is 5.01. The number of nitrogens with zero attached hydrogens (tertiary/aromatic N) is 4. The van der Waals surface area contributed by atoms with Gasteiger partial charge in [-0.05, 0) is 31.9 Å². The van der Waals surface area contributed by atoms with E-state index in [0.717, 1.165) is 31.1 Å². The van der Waals surface area contributed by atoms with Crippen molar-refractivity contribution in [3.05, 3.63) is 36.2 Å². The lowest BCUT2D eigenvalue weighted by Crippen LogP contribution is -2.31. The van der Waals surface area contributed by atoms with Gasteiger partial charge >= 0.3 is 0 Å². The van der Waals surface area contributed by atoms with Crippen LogP contribution in [-0.2, 0) is 0 Å². The number of aryl methyl sites for hydroxylation is 1. The number of anilines is 1. The fourth-order valence-corrected chi connectivity index (χ4v) is 3.49. The summed E-state index contributed by atoms with van der Waals surface area (Å²) in [5.41, 5.74) is 0.389. The molecule has 0 saturated carbocycles. The third kappa shape index (κ3) is 3.18. The third-order valence-corrected chi connectivity index (χ3v) is 4.83. The molecule has 7 nitrogen and oxygen atoms in total. The molecule has 2 aromatic rings. The van der Waals surface area contributed by atoms with E-state index in [2.05, 4.69) is 14.9 Å². The number of hydrogen-bond acceptors (Lipinski definition) is 6. The molecule has 2 aliphatic heterocycles. The number of amides is 1. The van der Waals surface area contributed by atoms with Crippen molar-refractivity contribution in [2.75, 3.05) is 31.1 Å². The Hall–Kier alpha value is -2.57. The zero-order chi connectivity index (χ0) is 17.2. The van der Waals surface area contributed by atoms with Crippen LogP contribution >= 0.6 is 0 Å². The summed E-state index contributed by atoms with van der Waals surface area (Å²) in [6, 6.07) is 3.86. The van der Waals surface area contributed by atoms with Gasteiger partial charge < -0.3 is 19.0 Å². The largest absolute Gasteiger partial charge is 0.485 e. The minimum absolute atomic E-state index is 0.0262. The number of aromatic nitrogens is 2. The van der Waals surface area contributed by atoms with Crippen LogP contribution in [0.2, 0.25) is 0 Å². The maximum atomic E-state index is 12.5. The molecule has 0 aliphatic carbocycles. The Morgan fingerprint density at radius 3 is 2.88 bits per heavy atom. The number of pyridine rings is 1. The van der Waals surface area contributed by atoms with Crippen molar-refractivity contribution in [2.45, 2.75) is 32.3 Å². The lowest BCUT2D eigenvalue weighted by atomic mass is 10.3. The highest BCUT2D eigenvalue weighted by atomic mass is 16.5. The summed E-state index contributed by atoms with van der Waals surface area (Å²) in [4.78, 5) is 25.1. The molecule has 1 amide bonds. The molecule has 2 aliphatic rings. The molecule has 0 aromatic carbocycles. The van der Waals surface area contributed by atoms with E-state index in [4.69, 9.17) is 9.15 Å². The van der Waals surface area contributed by atoms with E-state index in [1.165, 1.54) is 19.2 Å². The highest BCUT2D eigenvalue weighted by Gasteiger charge is 2.31. The van der Waals surface area contributed by atoms with Crippen molar-refractivity contribution in [1.29, 1.82) is 0 Å². The Labute approximate surface area is 146 Å². The van der Waals surface area contributed by atoms with Crippen molar-refractivity contribution >= 4 is 11.7 Å². The van der Waals surface area contributed by atoms with E-state index in [1.54, 1.807) is 18.0 Å². The standard InChI is InChI=1S/C18H22N4O3/c1-13-16(20-12-24-13)18(23)22-10-6-14(11-22)25-15-5-4-7-19-17(15)21-8-2-3-9-21/h4-5,7,12,14H,2-3,6,8-11H2,1H3. The van der Waals surface area contributed by atoms with Crippen LogP contribution in [0.1, 0.15) is 35.5 Å². The number of likely N-dealkylation sites (tertiary alicyclic amines) is 1. The average molecular weight is 342 g/mol. The van der Waals surface area contributed by atoms with Gasteiger partial charge in [0.2, 0.25) is 0 Å². The molecular weight excluding hydrogens is 320 g/mol. The molecule has 2 aromatic heterocycles. The summed E-state index contributed by atoms with van der Waals surface area (Å²) in [5.74, 6) is 2.18. The molecule has 132 valence electrons. The number of hydrogen-bond donors (Lipinski definition) is 0. The second-order valence-electron chi connectivity index (χ2n) is 6.56. The molecule has 1 unspecified atom stereocenters. The fourth-order valence-electron chi connectivity index (χ4n) is 3.49. The number of carbonyl (C=O) groups excluding carboxylic acids is 1. The second-order valence-corrected chi connectivity index (χ2v) is 6.56. The lowest BCUT2D eigenvalue weighted by molar-refractivity contribution is 0.0765. The Balaban J connectivity index is 1.43. The van der Waals surface area contributed by atoms with Gasteiger partial charge in [0.05, 0.1) is 6.54 Å². The van der Waals surface area contributed by atoms with Gasteiger partial charge in [0.1, 0.15) is 11.9 Å². The van der Waals surface area contributed by atoms with Crippen molar-refractivity contribution in [3.63, 3.8) is 0 Å². The summed E-state index contributed by atoms with van der Waals surface area (Å²) in [6.07, 6.45) is 6.28. The maximum Gasteiger partial charge on any atom is 0.276 e. The van der Waals surface area contributed by atoms with Gasteiger partial charge in [0.25, 0.3) is 5.91 Å².